The molecule has 4 rings (SSSR count). The molecular formula is C26H19BrClN5O4. The maximum absolute atomic E-state index is 13.3. The first-order valence-electron chi connectivity index (χ1n) is 11.2. The molecule has 0 fully saturated rings. The Bertz CT molecular complexity index is 1650. The van der Waals surface area contributed by atoms with Crippen LogP contribution in [0.3, 0.4) is 0 Å². The molecule has 4 aromatic rings. The molecule has 0 unspecified atom stereocenters. The highest BCUT2D eigenvalue weighted by Crippen LogP contribution is 2.34. The number of halogens is 2. The Morgan fingerprint density at radius 1 is 1.27 bits per heavy atom. The summed E-state index contributed by atoms with van der Waals surface area (Å²) in [6.45, 7) is 1.86. The molecule has 3 aromatic carbocycles. The first-order chi connectivity index (χ1) is 17.8. The van der Waals surface area contributed by atoms with E-state index in [0.29, 0.717) is 34.3 Å². The summed E-state index contributed by atoms with van der Waals surface area (Å²) in [5, 5.41) is 26.0. The van der Waals surface area contributed by atoms with Crippen molar-refractivity contribution in [1.29, 1.82) is 5.26 Å². The summed E-state index contributed by atoms with van der Waals surface area (Å²) in [7, 11) is 0. The van der Waals surface area contributed by atoms with Gasteiger partial charge >= 0.3 is 5.69 Å². The molecule has 0 N–H and O–H groups in total. The van der Waals surface area contributed by atoms with Crippen LogP contribution in [0.4, 0.5) is 5.69 Å². The molecule has 0 saturated heterocycles. The van der Waals surface area contributed by atoms with Gasteiger partial charge in [-0.15, -0.1) is 0 Å². The lowest BCUT2D eigenvalue weighted by Gasteiger charge is -2.12. The zero-order valence-corrected chi connectivity index (χ0v) is 21.9. The van der Waals surface area contributed by atoms with Crippen molar-refractivity contribution < 1.29 is 9.66 Å². The SMILES string of the molecule is CCCc1nc2ccc(Br)cc2c(=O)n1N=Cc1cc(Cl)cc([N+](=O)[O-])c1OCc1ccccc1C#N. The molecule has 186 valence electrons. The standard InChI is InChI=1S/C26H19BrClN5O4/c1-2-5-24-31-22-9-8-19(27)11-21(22)26(34)32(24)30-14-18-10-20(28)12-23(33(35)36)25(18)37-15-17-7-4-3-6-16(17)13-29/h3-4,6-12,14H,2,5,15H2,1H3. The zero-order valence-electron chi connectivity index (χ0n) is 19.5. The third-order valence-electron chi connectivity index (χ3n) is 5.43. The normalized spacial score (nSPS) is 11.1. The second kappa shape index (κ2) is 11.3. The fourth-order valence-corrected chi connectivity index (χ4v) is 4.29. The smallest absolute Gasteiger partial charge is 0.313 e. The molecule has 0 aliphatic heterocycles. The topological polar surface area (TPSA) is 123 Å². The predicted molar refractivity (Wildman–Crippen MR) is 144 cm³/mol. The number of aryl methyl sites for hydroxylation is 1. The lowest BCUT2D eigenvalue weighted by atomic mass is 10.1. The van der Waals surface area contributed by atoms with E-state index in [1.807, 2.05) is 6.92 Å². The van der Waals surface area contributed by atoms with Crippen molar-refractivity contribution in [3.8, 4) is 11.8 Å². The molecule has 0 amide bonds. The monoisotopic (exact) mass is 579 g/mol. The van der Waals surface area contributed by atoms with E-state index in [2.05, 4.69) is 32.1 Å². The fourth-order valence-electron chi connectivity index (χ4n) is 3.71. The fraction of sp³-hybridized carbons (Fsp3) is 0.154. The second-order valence-electron chi connectivity index (χ2n) is 7.96. The minimum Gasteiger partial charge on any atom is -0.481 e. The van der Waals surface area contributed by atoms with E-state index in [-0.39, 0.29) is 34.2 Å². The number of fused-ring (bicyclic) bond motifs is 1. The van der Waals surface area contributed by atoms with Crippen LogP contribution in [0.2, 0.25) is 5.02 Å². The number of rotatable bonds is 8. The Labute approximate surface area is 224 Å². The molecular weight excluding hydrogens is 562 g/mol. The molecule has 0 aliphatic carbocycles. The highest BCUT2D eigenvalue weighted by atomic mass is 79.9. The quantitative estimate of drug-likeness (QED) is 0.143. The van der Waals surface area contributed by atoms with Crippen molar-refractivity contribution in [3.63, 3.8) is 0 Å². The maximum Gasteiger partial charge on any atom is 0.313 e. The van der Waals surface area contributed by atoms with Crippen molar-refractivity contribution in [2.45, 2.75) is 26.4 Å². The van der Waals surface area contributed by atoms with Crippen molar-refractivity contribution in [3.05, 3.63) is 107 Å². The molecule has 0 radical (unpaired) electrons. The lowest BCUT2D eigenvalue weighted by Crippen LogP contribution is -2.22. The summed E-state index contributed by atoms with van der Waals surface area (Å²) >= 11 is 9.54. The van der Waals surface area contributed by atoms with Gasteiger partial charge in [0.25, 0.3) is 5.56 Å². The highest BCUT2D eigenvalue weighted by Gasteiger charge is 2.21. The summed E-state index contributed by atoms with van der Waals surface area (Å²) in [5.41, 5.74) is 0.929. The van der Waals surface area contributed by atoms with Crippen LogP contribution in [-0.4, -0.2) is 20.8 Å². The zero-order chi connectivity index (χ0) is 26.5. The van der Waals surface area contributed by atoms with Gasteiger partial charge in [-0.3, -0.25) is 14.9 Å². The summed E-state index contributed by atoms with van der Waals surface area (Å²) in [6, 6.07) is 16.7. The molecule has 0 spiro atoms. The van der Waals surface area contributed by atoms with E-state index in [9.17, 15) is 20.2 Å². The Balaban J connectivity index is 1.82. The molecule has 1 heterocycles. The highest BCUT2D eigenvalue weighted by molar-refractivity contribution is 9.10. The van der Waals surface area contributed by atoms with Crippen LogP contribution in [0.5, 0.6) is 5.75 Å². The largest absolute Gasteiger partial charge is 0.481 e. The van der Waals surface area contributed by atoms with Gasteiger partial charge in [-0.1, -0.05) is 52.7 Å². The first kappa shape index (κ1) is 26.0. The van der Waals surface area contributed by atoms with Gasteiger partial charge in [0.05, 0.1) is 33.7 Å². The van der Waals surface area contributed by atoms with Crippen LogP contribution in [0.25, 0.3) is 10.9 Å². The molecule has 11 heteroatoms. The number of aromatic nitrogens is 2. The van der Waals surface area contributed by atoms with Gasteiger partial charge in [-0.2, -0.15) is 15.0 Å². The van der Waals surface area contributed by atoms with Crippen molar-refractivity contribution in [2.24, 2.45) is 5.10 Å². The number of hydrogen-bond acceptors (Lipinski definition) is 7. The van der Waals surface area contributed by atoms with Gasteiger partial charge in [0.15, 0.2) is 0 Å². The average Bonchev–Trinajstić information content (AvgIpc) is 2.88. The Morgan fingerprint density at radius 3 is 2.78 bits per heavy atom. The molecule has 0 bridgehead atoms. The van der Waals surface area contributed by atoms with Gasteiger partial charge < -0.3 is 4.74 Å². The first-order valence-corrected chi connectivity index (χ1v) is 12.3. The van der Waals surface area contributed by atoms with Crippen LogP contribution in [0.1, 0.15) is 35.9 Å². The molecule has 0 aliphatic rings. The second-order valence-corrected chi connectivity index (χ2v) is 9.31. The van der Waals surface area contributed by atoms with E-state index < -0.39 is 4.92 Å². The number of nitro groups is 1. The summed E-state index contributed by atoms with van der Waals surface area (Å²) in [4.78, 5) is 29.1. The Morgan fingerprint density at radius 2 is 2.05 bits per heavy atom. The van der Waals surface area contributed by atoms with Gasteiger partial charge in [-0.05, 0) is 36.8 Å². The molecule has 1 aromatic heterocycles. The van der Waals surface area contributed by atoms with Crippen molar-refractivity contribution in [2.75, 3.05) is 0 Å². The van der Waals surface area contributed by atoms with Gasteiger partial charge in [0, 0.05) is 33.1 Å². The van der Waals surface area contributed by atoms with Gasteiger partial charge in [0.2, 0.25) is 5.75 Å². The van der Waals surface area contributed by atoms with Crippen molar-refractivity contribution >= 4 is 50.3 Å². The molecule has 0 saturated carbocycles. The number of nitro benzene ring substituents is 1. The molecule has 37 heavy (non-hydrogen) atoms. The molecule has 0 atom stereocenters. The van der Waals surface area contributed by atoms with Gasteiger partial charge in [0.1, 0.15) is 12.4 Å². The average molecular weight is 581 g/mol. The summed E-state index contributed by atoms with van der Waals surface area (Å²) < 4.78 is 7.74. The van der Waals surface area contributed by atoms with E-state index in [0.717, 1.165) is 10.9 Å². The third-order valence-corrected chi connectivity index (χ3v) is 6.14. The van der Waals surface area contributed by atoms with Gasteiger partial charge in [-0.25, -0.2) is 4.98 Å². The van der Waals surface area contributed by atoms with E-state index in [1.165, 1.54) is 23.0 Å². The number of benzene rings is 3. The van der Waals surface area contributed by atoms with Crippen LogP contribution >= 0.6 is 27.5 Å². The van der Waals surface area contributed by atoms with Crippen LogP contribution in [0.15, 0.2) is 69.0 Å². The number of ether oxygens (including phenoxy) is 1. The van der Waals surface area contributed by atoms with E-state index in [1.54, 1.807) is 42.5 Å². The summed E-state index contributed by atoms with van der Waals surface area (Å²) in [6.07, 6.45) is 2.50. The number of hydrogen-bond donors (Lipinski definition) is 0. The Hall–Kier alpha value is -4.07. The van der Waals surface area contributed by atoms with Crippen LogP contribution < -0.4 is 10.3 Å². The Kier molecular flexibility index (Phi) is 7.96. The minimum atomic E-state index is -0.613. The van der Waals surface area contributed by atoms with E-state index in [4.69, 9.17) is 16.3 Å². The van der Waals surface area contributed by atoms with Crippen molar-refractivity contribution in [1.82, 2.24) is 9.66 Å². The maximum atomic E-state index is 13.3. The molecule has 9 nitrogen and oxygen atoms in total. The summed E-state index contributed by atoms with van der Waals surface area (Å²) in [5.74, 6) is 0.355. The van der Waals surface area contributed by atoms with Crippen LogP contribution in [-0.2, 0) is 13.0 Å². The minimum absolute atomic E-state index is 0.0903. The number of nitriles is 1. The van der Waals surface area contributed by atoms with Crippen LogP contribution in [0, 0.1) is 21.4 Å². The van der Waals surface area contributed by atoms with E-state index >= 15 is 0 Å². The third kappa shape index (κ3) is 5.69. The number of nitrogens with zero attached hydrogens (tertiary/aromatic N) is 5. The predicted octanol–water partition coefficient (Wildman–Crippen LogP) is 6.01. The lowest BCUT2D eigenvalue weighted by molar-refractivity contribution is -0.385.